The molecule has 0 fully saturated rings. The molecule has 0 heterocycles. The molecule has 0 radical (unpaired) electrons. The van der Waals surface area contributed by atoms with Crippen LogP contribution in [0.3, 0.4) is 0 Å². The lowest BCUT2D eigenvalue weighted by atomic mass is 10.0. The smallest absolute Gasteiger partial charge is 0.127 e. The summed E-state index contributed by atoms with van der Waals surface area (Å²) in [5.74, 6) is 0.881. The minimum absolute atomic E-state index is 0.142. The molecule has 2 rings (SSSR count). The molecule has 0 aliphatic heterocycles. The monoisotopic (exact) mass is 281 g/mol. The molecule has 110 valence electrons. The fourth-order valence-electron chi connectivity index (χ4n) is 2.33. The molecule has 0 bridgehead atoms. The van der Waals surface area contributed by atoms with Gasteiger partial charge in [0, 0.05) is 30.9 Å². The van der Waals surface area contributed by atoms with Gasteiger partial charge in [0.25, 0.3) is 0 Å². The number of hydrogen-bond acceptors (Lipinski definition) is 2. The summed E-state index contributed by atoms with van der Waals surface area (Å²) in [6.45, 7) is 7.93. The summed E-state index contributed by atoms with van der Waals surface area (Å²) in [5.41, 5.74) is 4.57. The molecular formula is C19H23NO. The summed E-state index contributed by atoms with van der Waals surface area (Å²) in [6, 6.07) is 14.7. The maximum atomic E-state index is 5.91. The number of benzene rings is 2. The number of nitrogens with zero attached hydrogens (tertiary/aromatic N) is 1. The molecule has 2 nitrogen and oxygen atoms in total. The maximum absolute atomic E-state index is 5.91. The summed E-state index contributed by atoms with van der Waals surface area (Å²) in [4.78, 5) is 2.12. The average Bonchev–Trinajstić information content (AvgIpc) is 2.46. The van der Waals surface area contributed by atoms with Gasteiger partial charge in [0.15, 0.2) is 0 Å². The van der Waals surface area contributed by atoms with Crippen molar-refractivity contribution < 1.29 is 4.74 Å². The van der Waals surface area contributed by atoms with Gasteiger partial charge < -0.3 is 9.64 Å². The number of para-hydroxylation sites is 1. The Morgan fingerprint density at radius 2 is 1.81 bits per heavy atom. The molecule has 0 N–H and O–H groups in total. The summed E-state index contributed by atoms with van der Waals surface area (Å²) in [5, 5.41) is 0. The fraction of sp³-hybridized carbons (Fsp3) is 0.263. The second-order valence-corrected chi connectivity index (χ2v) is 5.53. The van der Waals surface area contributed by atoms with E-state index in [0.717, 1.165) is 16.9 Å². The van der Waals surface area contributed by atoms with E-state index in [2.05, 4.69) is 68.0 Å². The molecule has 0 saturated heterocycles. The second kappa shape index (κ2) is 6.49. The Hall–Kier alpha value is -2.22. The van der Waals surface area contributed by atoms with Crippen LogP contribution in [0.2, 0.25) is 0 Å². The minimum atomic E-state index is 0.142. The van der Waals surface area contributed by atoms with Crippen molar-refractivity contribution in [2.75, 3.05) is 19.0 Å². The van der Waals surface area contributed by atoms with E-state index in [0.29, 0.717) is 0 Å². The molecule has 2 heteroatoms. The van der Waals surface area contributed by atoms with E-state index < -0.39 is 0 Å². The van der Waals surface area contributed by atoms with Gasteiger partial charge in [0.1, 0.15) is 5.75 Å². The van der Waals surface area contributed by atoms with E-state index in [1.807, 2.05) is 19.9 Å². The first-order chi connectivity index (χ1) is 10.0. The Labute approximate surface area is 127 Å². The van der Waals surface area contributed by atoms with E-state index >= 15 is 0 Å². The van der Waals surface area contributed by atoms with E-state index in [9.17, 15) is 0 Å². The van der Waals surface area contributed by atoms with Gasteiger partial charge in [-0.05, 0) is 31.5 Å². The highest BCUT2D eigenvalue weighted by atomic mass is 16.5. The molecule has 0 aromatic heterocycles. The molecule has 0 atom stereocenters. The number of hydrogen-bond donors (Lipinski definition) is 0. The van der Waals surface area contributed by atoms with Crippen molar-refractivity contribution in [1.82, 2.24) is 0 Å². The van der Waals surface area contributed by atoms with Crippen molar-refractivity contribution >= 4 is 11.8 Å². The van der Waals surface area contributed by atoms with Crippen LogP contribution in [0, 0.1) is 0 Å². The number of anilines is 1. The zero-order valence-corrected chi connectivity index (χ0v) is 13.3. The van der Waals surface area contributed by atoms with Gasteiger partial charge in [-0.3, -0.25) is 0 Å². The van der Waals surface area contributed by atoms with E-state index in [1.54, 1.807) is 0 Å². The lowest BCUT2D eigenvalue weighted by molar-refractivity contribution is 0.242. The van der Waals surface area contributed by atoms with Gasteiger partial charge in [0.2, 0.25) is 0 Å². The first-order valence-electron chi connectivity index (χ1n) is 7.22. The lowest BCUT2D eigenvalue weighted by Crippen LogP contribution is -2.10. The van der Waals surface area contributed by atoms with Gasteiger partial charge in [-0.1, -0.05) is 43.0 Å². The first kappa shape index (κ1) is 15.2. The number of rotatable bonds is 5. The zero-order chi connectivity index (χ0) is 15.4. The molecule has 21 heavy (non-hydrogen) atoms. The van der Waals surface area contributed by atoms with E-state index in [-0.39, 0.29) is 6.10 Å². The van der Waals surface area contributed by atoms with Crippen LogP contribution in [0.5, 0.6) is 5.75 Å². The normalized spacial score (nSPS) is 10.5. The highest BCUT2D eigenvalue weighted by Gasteiger charge is 2.10. The molecule has 2 aromatic rings. The highest BCUT2D eigenvalue weighted by molar-refractivity contribution is 5.80. The number of ether oxygens (including phenoxy) is 1. The Morgan fingerprint density at radius 3 is 2.43 bits per heavy atom. The predicted molar refractivity (Wildman–Crippen MR) is 92.1 cm³/mol. The Balaban J connectivity index is 2.52. The van der Waals surface area contributed by atoms with Crippen LogP contribution in [0.25, 0.3) is 17.2 Å². The zero-order valence-electron chi connectivity index (χ0n) is 13.3. The van der Waals surface area contributed by atoms with Gasteiger partial charge in [-0.15, -0.1) is 0 Å². The molecule has 0 amide bonds. The van der Waals surface area contributed by atoms with Gasteiger partial charge >= 0.3 is 0 Å². The molecule has 2 aromatic carbocycles. The average molecular weight is 281 g/mol. The Morgan fingerprint density at radius 1 is 1.10 bits per heavy atom. The van der Waals surface area contributed by atoms with Crippen molar-refractivity contribution in [3.63, 3.8) is 0 Å². The van der Waals surface area contributed by atoms with Crippen molar-refractivity contribution in [1.29, 1.82) is 0 Å². The summed E-state index contributed by atoms with van der Waals surface area (Å²) >= 11 is 0. The maximum Gasteiger partial charge on any atom is 0.127 e. The van der Waals surface area contributed by atoms with Crippen molar-refractivity contribution in [2.24, 2.45) is 0 Å². The van der Waals surface area contributed by atoms with Crippen LogP contribution < -0.4 is 9.64 Å². The molecule has 0 saturated carbocycles. The molecule has 0 unspecified atom stereocenters. The van der Waals surface area contributed by atoms with Crippen LogP contribution in [-0.2, 0) is 0 Å². The molecule has 0 spiro atoms. The Bertz CT molecular complexity index is 629. The Kier molecular flexibility index (Phi) is 4.69. The third-order valence-corrected chi connectivity index (χ3v) is 3.29. The predicted octanol–water partition coefficient (Wildman–Crippen LogP) is 4.85. The van der Waals surface area contributed by atoms with Crippen LogP contribution in [0.15, 0.2) is 49.0 Å². The van der Waals surface area contributed by atoms with Crippen molar-refractivity contribution in [3.05, 3.63) is 54.6 Å². The first-order valence-corrected chi connectivity index (χ1v) is 7.22. The molecule has 0 aliphatic carbocycles. The van der Waals surface area contributed by atoms with Crippen molar-refractivity contribution in [2.45, 2.75) is 20.0 Å². The van der Waals surface area contributed by atoms with Crippen LogP contribution in [-0.4, -0.2) is 20.2 Å². The standard InChI is InChI=1S/C19H23NO/c1-6-15-11-12-16(13-19(15)21-14(2)3)17-9-7-8-10-18(17)20(4)5/h6-14H,1H2,2-5H3. The minimum Gasteiger partial charge on any atom is -0.490 e. The lowest BCUT2D eigenvalue weighted by Gasteiger charge is -2.19. The molecule has 0 aliphatic rings. The van der Waals surface area contributed by atoms with Gasteiger partial charge in [-0.25, -0.2) is 0 Å². The summed E-state index contributed by atoms with van der Waals surface area (Å²) in [6.07, 6.45) is 1.97. The third-order valence-electron chi connectivity index (χ3n) is 3.29. The second-order valence-electron chi connectivity index (χ2n) is 5.53. The highest BCUT2D eigenvalue weighted by Crippen LogP contribution is 2.33. The van der Waals surface area contributed by atoms with E-state index in [4.69, 9.17) is 4.74 Å². The van der Waals surface area contributed by atoms with Crippen LogP contribution in [0.1, 0.15) is 19.4 Å². The summed E-state index contributed by atoms with van der Waals surface area (Å²) < 4.78 is 5.91. The van der Waals surface area contributed by atoms with E-state index in [1.165, 1.54) is 11.3 Å². The molecular weight excluding hydrogens is 258 g/mol. The van der Waals surface area contributed by atoms with Crippen molar-refractivity contribution in [3.8, 4) is 16.9 Å². The largest absolute Gasteiger partial charge is 0.490 e. The van der Waals surface area contributed by atoms with Crippen LogP contribution in [0.4, 0.5) is 5.69 Å². The fourth-order valence-corrected chi connectivity index (χ4v) is 2.33. The summed E-state index contributed by atoms with van der Waals surface area (Å²) in [7, 11) is 4.12. The topological polar surface area (TPSA) is 12.5 Å². The van der Waals surface area contributed by atoms with Gasteiger partial charge in [0.05, 0.1) is 6.10 Å². The van der Waals surface area contributed by atoms with Crippen LogP contribution >= 0.6 is 0 Å². The SMILES string of the molecule is C=Cc1ccc(-c2ccccc2N(C)C)cc1OC(C)C. The third kappa shape index (κ3) is 3.46. The van der Waals surface area contributed by atoms with Gasteiger partial charge in [-0.2, -0.15) is 0 Å². The quantitative estimate of drug-likeness (QED) is 0.776.